The Morgan fingerprint density at radius 3 is 2.32 bits per heavy atom. The third kappa shape index (κ3) is 4.45. The minimum absolute atomic E-state index is 0.179. The highest BCUT2D eigenvalue weighted by Crippen LogP contribution is 2.15. The molecule has 2 aromatic rings. The van der Waals surface area contributed by atoms with E-state index in [0.29, 0.717) is 24.3 Å². The highest BCUT2D eigenvalue weighted by Gasteiger charge is 2.04. The first kappa shape index (κ1) is 15.8. The van der Waals surface area contributed by atoms with Crippen molar-refractivity contribution in [2.24, 2.45) is 0 Å². The monoisotopic (exact) mass is 297 g/mol. The first-order chi connectivity index (χ1) is 10.6. The van der Waals surface area contributed by atoms with E-state index in [2.05, 4.69) is 11.4 Å². The molecule has 0 atom stereocenters. The van der Waals surface area contributed by atoms with Crippen LogP contribution in [0.1, 0.15) is 31.8 Å². The summed E-state index contributed by atoms with van der Waals surface area (Å²) >= 11 is 0. The fourth-order valence-corrected chi connectivity index (χ4v) is 2.16. The SMILES string of the molecule is Cc1cc(C)cc(OCCNC(=O)c2ccc(C=O)cc2)c1. The van der Waals surface area contributed by atoms with Gasteiger partial charge in [0.15, 0.2) is 0 Å². The molecule has 1 amide bonds. The van der Waals surface area contributed by atoms with Crippen LogP contribution in [0.15, 0.2) is 42.5 Å². The Kier molecular flexibility index (Phi) is 5.31. The summed E-state index contributed by atoms with van der Waals surface area (Å²) in [7, 11) is 0. The Morgan fingerprint density at radius 1 is 1.09 bits per heavy atom. The molecule has 0 heterocycles. The molecule has 4 heteroatoms. The van der Waals surface area contributed by atoms with Crippen LogP contribution in [0.2, 0.25) is 0 Å². The molecule has 0 aliphatic heterocycles. The molecule has 0 aromatic heterocycles. The molecule has 0 aliphatic carbocycles. The van der Waals surface area contributed by atoms with Crippen LogP contribution in [-0.2, 0) is 0 Å². The fourth-order valence-electron chi connectivity index (χ4n) is 2.16. The lowest BCUT2D eigenvalue weighted by atomic mass is 10.1. The van der Waals surface area contributed by atoms with E-state index in [1.54, 1.807) is 24.3 Å². The Bertz CT molecular complexity index is 642. The molecule has 0 saturated carbocycles. The van der Waals surface area contributed by atoms with Crippen molar-refractivity contribution in [1.82, 2.24) is 5.32 Å². The number of rotatable bonds is 6. The molecule has 0 spiro atoms. The zero-order chi connectivity index (χ0) is 15.9. The Hall–Kier alpha value is -2.62. The molecule has 2 rings (SSSR count). The topological polar surface area (TPSA) is 55.4 Å². The van der Waals surface area contributed by atoms with Gasteiger partial charge < -0.3 is 10.1 Å². The molecule has 0 unspecified atom stereocenters. The third-order valence-corrected chi connectivity index (χ3v) is 3.16. The van der Waals surface area contributed by atoms with E-state index in [-0.39, 0.29) is 5.91 Å². The summed E-state index contributed by atoms with van der Waals surface area (Å²) in [4.78, 5) is 22.5. The second-order valence-corrected chi connectivity index (χ2v) is 5.17. The highest BCUT2D eigenvalue weighted by atomic mass is 16.5. The van der Waals surface area contributed by atoms with E-state index in [1.165, 1.54) is 0 Å². The summed E-state index contributed by atoms with van der Waals surface area (Å²) in [5.41, 5.74) is 3.37. The number of amides is 1. The van der Waals surface area contributed by atoms with Crippen LogP contribution in [0.25, 0.3) is 0 Å². The van der Waals surface area contributed by atoms with Crippen molar-refractivity contribution in [2.75, 3.05) is 13.2 Å². The fraction of sp³-hybridized carbons (Fsp3) is 0.222. The standard InChI is InChI=1S/C18H19NO3/c1-13-9-14(2)11-17(10-13)22-8-7-19-18(21)16-5-3-15(12-20)4-6-16/h3-6,9-12H,7-8H2,1-2H3,(H,19,21). The predicted molar refractivity (Wildman–Crippen MR) is 85.6 cm³/mol. The molecule has 22 heavy (non-hydrogen) atoms. The maximum atomic E-state index is 11.9. The summed E-state index contributed by atoms with van der Waals surface area (Å²) in [6, 6.07) is 12.5. The van der Waals surface area contributed by atoms with E-state index >= 15 is 0 Å². The second kappa shape index (κ2) is 7.41. The molecule has 0 saturated heterocycles. The normalized spacial score (nSPS) is 10.1. The van der Waals surface area contributed by atoms with Crippen molar-refractivity contribution in [2.45, 2.75) is 13.8 Å². The maximum Gasteiger partial charge on any atom is 0.251 e. The van der Waals surface area contributed by atoms with Gasteiger partial charge in [-0.3, -0.25) is 9.59 Å². The van der Waals surface area contributed by atoms with E-state index in [0.717, 1.165) is 23.2 Å². The van der Waals surface area contributed by atoms with Crippen LogP contribution in [0, 0.1) is 13.8 Å². The Labute approximate surface area is 130 Å². The number of benzene rings is 2. The van der Waals surface area contributed by atoms with Crippen molar-refractivity contribution in [1.29, 1.82) is 0 Å². The van der Waals surface area contributed by atoms with Gasteiger partial charge in [-0.25, -0.2) is 0 Å². The molecule has 0 fully saturated rings. The predicted octanol–water partition coefficient (Wildman–Crippen LogP) is 2.92. The van der Waals surface area contributed by atoms with Crippen molar-refractivity contribution < 1.29 is 14.3 Å². The molecule has 2 aromatic carbocycles. The van der Waals surface area contributed by atoms with E-state index in [9.17, 15) is 9.59 Å². The number of nitrogens with one attached hydrogen (secondary N) is 1. The van der Waals surface area contributed by atoms with Crippen molar-refractivity contribution in [3.63, 3.8) is 0 Å². The molecule has 0 aliphatic rings. The lowest BCUT2D eigenvalue weighted by molar-refractivity contribution is 0.0946. The number of aldehydes is 1. The average Bonchev–Trinajstić information content (AvgIpc) is 2.50. The zero-order valence-corrected chi connectivity index (χ0v) is 12.8. The van der Waals surface area contributed by atoms with Crippen LogP contribution in [-0.4, -0.2) is 25.3 Å². The summed E-state index contributed by atoms with van der Waals surface area (Å²) in [6.07, 6.45) is 0.749. The molecule has 114 valence electrons. The number of aryl methyl sites for hydroxylation is 2. The van der Waals surface area contributed by atoms with E-state index < -0.39 is 0 Å². The van der Waals surface area contributed by atoms with Crippen LogP contribution < -0.4 is 10.1 Å². The molecule has 1 N–H and O–H groups in total. The summed E-state index contributed by atoms with van der Waals surface area (Å²) in [6.45, 7) is 4.86. The molecule has 0 radical (unpaired) electrons. The van der Waals surface area contributed by atoms with Gasteiger partial charge in [-0.2, -0.15) is 0 Å². The van der Waals surface area contributed by atoms with Gasteiger partial charge in [-0.15, -0.1) is 0 Å². The number of carbonyl (C=O) groups excluding carboxylic acids is 2. The maximum absolute atomic E-state index is 11.9. The summed E-state index contributed by atoms with van der Waals surface area (Å²) in [5.74, 6) is 0.628. The van der Waals surface area contributed by atoms with Gasteiger partial charge in [0.25, 0.3) is 5.91 Å². The largest absolute Gasteiger partial charge is 0.492 e. The molecular weight excluding hydrogens is 278 g/mol. The third-order valence-electron chi connectivity index (χ3n) is 3.16. The smallest absolute Gasteiger partial charge is 0.251 e. The van der Waals surface area contributed by atoms with Gasteiger partial charge in [0.1, 0.15) is 18.6 Å². The minimum atomic E-state index is -0.179. The van der Waals surface area contributed by atoms with E-state index in [4.69, 9.17) is 4.74 Å². The van der Waals surface area contributed by atoms with E-state index in [1.807, 2.05) is 26.0 Å². The summed E-state index contributed by atoms with van der Waals surface area (Å²) in [5, 5.41) is 2.78. The zero-order valence-electron chi connectivity index (χ0n) is 12.8. The van der Waals surface area contributed by atoms with Gasteiger partial charge in [-0.1, -0.05) is 18.2 Å². The van der Waals surface area contributed by atoms with Crippen LogP contribution in [0.4, 0.5) is 0 Å². The highest BCUT2D eigenvalue weighted by molar-refractivity contribution is 5.94. The molecule has 0 bridgehead atoms. The molecular formula is C18H19NO3. The first-order valence-electron chi connectivity index (χ1n) is 7.13. The first-order valence-corrected chi connectivity index (χ1v) is 7.13. The van der Waals surface area contributed by atoms with Crippen LogP contribution in [0.3, 0.4) is 0 Å². The van der Waals surface area contributed by atoms with Crippen molar-refractivity contribution in [3.05, 3.63) is 64.7 Å². The van der Waals surface area contributed by atoms with Gasteiger partial charge in [0, 0.05) is 11.1 Å². The van der Waals surface area contributed by atoms with Gasteiger partial charge >= 0.3 is 0 Å². The molecule has 4 nitrogen and oxygen atoms in total. The lowest BCUT2D eigenvalue weighted by Crippen LogP contribution is -2.28. The van der Waals surface area contributed by atoms with Gasteiger partial charge in [-0.05, 0) is 49.2 Å². The average molecular weight is 297 g/mol. The quantitative estimate of drug-likeness (QED) is 0.659. The Balaban J connectivity index is 1.80. The second-order valence-electron chi connectivity index (χ2n) is 5.17. The minimum Gasteiger partial charge on any atom is -0.492 e. The number of carbonyl (C=O) groups is 2. The van der Waals surface area contributed by atoms with Gasteiger partial charge in [0.05, 0.1) is 6.54 Å². The number of hydrogen-bond acceptors (Lipinski definition) is 3. The van der Waals surface area contributed by atoms with Crippen LogP contribution in [0.5, 0.6) is 5.75 Å². The summed E-state index contributed by atoms with van der Waals surface area (Å²) < 4.78 is 5.63. The van der Waals surface area contributed by atoms with Crippen LogP contribution >= 0.6 is 0 Å². The van der Waals surface area contributed by atoms with Gasteiger partial charge in [0.2, 0.25) is 0 Å². The van der Waals surface area contributed by atoms with Crippen molar-refractivity contribution >= 4 is 12.2 Å². The van der Waals surface area contributed by atoms with Crippen molar-refractivity contribution in [3.8, 4) is 5.75 Å². The Morgan fingerprint density at radius 2 is 1.73 bits per heavy atom. The number of hydrogen-bond donors (Lipinski definition) is 1. The number of ether oxygens (including phenoxy) is 1. The lowest BCUT2D eigenvalue weighted by Gasteiger charge is -2.09.